The van der Waals surface area contributed by atoms with Gasteiger partial charge in [0.25, 0.3) is 0 Å². The molecule has 1 heterocycles. The first-order valence-electron chi connectivity index (χ1n) is 6.47. The van der Waals surface area contributed by atoms with Crippen LogP contribution in [0.25, 0.3) is 0 Å². The third-order valence-corrected chi connectivity index (χ3v) is 3.81. The molecule has 0 spiro atoms. The fourth-order valence-corrected chi connectivity index (χ4v) is 2.79. The lowest BCUT2D eigenvalue weighted by Crippen LogP contribution is -2.38. The van der Waals surface area contributed by atoms with Crippen LogP contribution >= 0.6 is 11.6 Å². The SMILES string of the molecule is CC1CCCCN1c1cc(Cl)ccc1CCN. The Labute approximate surface area is 109 Å². The van der Waals surface area contributed by atoms with Crippen molar-refractivity contribution in [3.05, 3.63) is 28.8 Å². The lowest BCUT2D eigenvalue weighted by molar-refractivity contribution is 0.484. The van der Waals surface area contributed by atoms with E-state index < -0.39 is 0 Å². The number of halogens is 1. The molecular weight excluding hydrogens is 232 g/mol. The van der Waals surface area contributed by atoms with E-state index in [1.807, 2.05) is 6.07 Å². The van der Waals surface area contributed by atoms with Gasteiger partial charge in [-0.3, -0.25) is 0 Å². The minimum atomic E-state index is 0.610. The summed E-state index contributed by atoms with van der Waals surface area (Å²) >= 11 is 6.13. The second-order valence-electron chi connectivity index (χ2n) is 4.85. The maximum absolute atomic E-state index is 6.13. The molecule has 1 saturated heterocycles. The number of hydrogen-bond acceptors (Lipinski definition) is 2. The Bertz CT molecular complexity index is 378. The Morgan fingerprint density at radius 2 is 2.24 bits per heavy atom. The van der Waals surface area contributed by atoms with Gasteiger partial charge in [0.1, 0.15) is 0 Å². The highest BCUT2D eigenvalue weighted by Gasteiger charge is 2.20. The number of hydrogen-bond donors (Lipinski definition) is 1. The molecule has 3 heteroatoms. The number of benzene rings is 1. The molecule has 1 aromatic carbocycles. The van der Waals surface area contributed by atoms with E-state index in [-0.39, 0.29) is 0 Å². The summed E-state index contributed by atoms with van der Waals surface area (Å²) in [6.07, 6.45) is 4.81. The highest BCUT2D eigenvalue weighted by molar-refractivity contribution is 6.30. The van der Waals surface area contributed by atoms with Crippen molar-refractivity contribution in [2.24, 2.45) is 5.73 Å². The predicted molar refractivity (Wildman–Crippen MR) is 74.9 cm³/mol. The molecule has 17 heavy (non-hydrogen) atoms. The maximum atomic E-state index is 6.13. The summed E-state index contributed by atoms with van der Waals surface area (Å²) < 4.78 is 0. The summed E-state index contributed by atoms with van der Waals surface area (Å²) in [6, 6.07) is 6.78. The quantitative estimate of drug-likeness (QED) is 0.895. The molecule has 1 aliphatic heterocycles. The number of anilines is 1. The summed E-state index contributed by atoms with van der Waals surface area (Å²) in [7, 11) is 0. The number of piperidine rings is 1. The van der Waals surface area contributed by atoms with Crippen LogP contribution in [0.3, 0.4) is 0 Å². The number of rotatable bonds is 3. The van der Waals surface area contributed by atoms with E-state index in [0.29, 0.717) is 12.6 Å². The molecule has 0 aliphatic carbocycles. The monoisotopic (exact) mass is 252 g/mol. The molecule has 2 N–H and O–H groups in total. The fraction of sp³-hybridized carbons (Fsp3) is 0.571. The van der Waals surface area contributed by atoms with Crippen molar-refractivity contribution >= 4 is 17.3 Å². The first kappa shape index (κ1) is 12.7. The van der Waals surface area contributed by atoms with Gasteiger partial charge in [0, 0.05) is 23.3 Å². The van der Waals surface area contributed by atoms with Crippen LogP contribution < -0.4 is 10.6 Å². The van der Waals surface area contributed by atoms with Crippen molar-refractivity contribution < 1.29 is 0 Å². The molecule has 2 nitrogen and oxygen atoms in total. The Hall–Kier alpha value is -0.730. The van der Waals surface area contributed by atoms with E-state index in [1.54, 1.807) is 0 Å². The molecule has 0 bridgehead atoms. The zero-order valence-corrected chi connectivity index (χ0v) is 11.2. The first-order valence-corrected chi connectivity index (χ1v) is 6.85. The summed E-state index contributed by atoms with van der Waals surface area (Å²) in [6.45, 7) is 4.13. The lowest BCUT2D eigenvalue weighted by Gasteiger charge is -2.36. The second kappa shape index (κ2) is 5.74. The van der Waals surface area contributed by atoms with Gasteiger partial charge in [-0.1, -0.05) is 17.7 Å². The van der Waals surface area contributed by atoms with Crippen LogP contribution in [0.5, 0.6) is 0 Å². The van der Waals surface area contributed by atoms with Gasteiger partial charge in [-0.2, -0.15) is 0 Å². The van der Waals surface area contributed by atoms with E-state index in [4.69, 9.17) is 17.3 Å². The first-order chi connectivity index (χ1) is 8.22. The molecular formula is C14H21ClN2. The Morgan fingerprint density at radius 1 is 1.41 bits per heavy atom. The molecule has 0 saturated carbocycles. The molecule has 0 amide bonds. The molecule has 1 unspecified atom stereocenters. The molecule has 2 rings (SSSR count). The van der Waals surface area contributed by atoms with Crippen LogP contribution in [-0.2, 0) is 6.42 Å². The van der Waals surface area contributed by atoms with Gasteiger partial charge in [0.2, 0.25) is 0 Å². The molecule has 1 atom stereocenters. The third-order valence-electron chi connectivity index (χ3n) is 3.57. The van der Waals surface area contributed by atoms with E-state index >= 15 is 0 Å². The standard InChI is InChI=1S/C14H21ClN2/c1-11-4-2-3-9-17(11)14-10-13(15)6-5-12(14)7-8-16/h5-6,10-11H,2-4,7-9,16H2,1H3. The fourth-order valence-electron chi connectivity index (χ4n) is 2.63. The molecule has 0 radical (unpaired) electrons. The van der Waals surface area contributed by atoms with Crippen molar-refractivity contribution in [1.82, 2.24) is 0 Å². The molecule has 1 fully saturated rings. The van der Waals surface area contributed by atoms with Crippen molar-refractivity contribution in [2.45, 2.75) is 38.6 Å². The number of nitrogens with two attached hydrogens (primary N) is 1. The van der Waals surface area contributed by atoms with E-state index in [9.17, 15) is 0 Å². The zero-order chi connectivity index (χ0) is 12.3. The maximum Gasteiger partial charge on any atom is 0.0426 e. The van der Waals surface area contributed by atoms with Crippen molar-refractivity contribution in [1.29, 1.82) is 0 Å². The Morgan fingerprint density at radius 3 is 2.94 bits per heavy atom. The van der Waals surface area contributed by atoms with Gasteiger partial charge >= 0.3 is 0 Å². The van der Waals surface area contributed by atoms with Crippen molar-refractivity contribution in [2.75, 3.05) is 18.0 Å². The highest BCUT2D eigenvalue weighted by Crippen LogP contribution is 2.30. The van der Waals surface area contributed by atoms with Gasteiger partial charge in [-0.25, -0.2) is 0 Å². The predicted octanol–water partition coefficient (Wildman–Crippen LogP) is 3.22. The van der Waals surface area contributed by atoms with Crippen molar-refractivity contribution in [3.8, 4) is 0 Å². The zero-order valence-electron chi connectivity index (χ0n) is 10.5. The molecule has 1 aliphatic rings. The third kappa shape index (κ3) is 2.93. The smallest absolute Gasteiger partial charge is 0.0426 e. The average Bonchev–Trinajstić information content (AvgIpc) is 2.32. The summed E-state index contributed by atoms with van der Waals surface area (Å²) in [4.78, 5) is 2.49. The van der Waals surface area contributed by atoms with E-state index in [1.165, 1.54) is 30.5 Å². The molecule has 1 aromatic rings. The summed E-state index contributed by atoms with van der Waals surface area (Å²) in [5.41, 5.74) is 8.29. The van der Waals surface area contributed by atoms with Gasteiger partial charge < -0.3 is 10.6 Å². The molecule has 94 valence electrons. The summed E-state index contributed by atoms with van der Waals surface area (Å²) in [5.74, 6) is 0. The van der Waals surface area contributed by atoms with Crippen LogP contribution in [0.2, 0.25) is 5.02 Å². The van der Waals surface area contributed by atoms with Gasteiger partial charge in [-0.05, 0) is 56.8 Å². The largest absolute Gasteiger partial charge is 0.369 e. The second-order valence-corrected chi connectivity index (χ2v) is 5.29. The lowest BCUT2D eigenvalue weighted by atomic mass is 10.00. The molecule has 0 aromatic heterocycles. The summed E-state index contributed by atoms with van der Waals surface area (Å²) in [5, 5.41) is 0.818. The van der Waals surface area contributed by atoms with Gasteiger partial charge in [0.15, 0.2) is 0 Å². The van der Waals surface area contributed by atoms with Gasteiger partial charge in [-0.15, -0.1) is 0 Å². The van der Waals surface area contributed by atoms with Crippen LogP contribution in [0, 0.1) is 0 Å². The van der Waals surface area contributed by atoms with Gasteiger partial charge in [0.05, 0.1) is 0 Å². The minimum absolute atomic E-state index is 0.610. The number of nitrogens with zero attached hydrogens (tertiary/aromatic N) is 1. The van der Waals surface area contributed by atoms with Crippen LogP contribution in [-0.4, -0.2) is 19.1 Å². The average molecular weight is 253 g/mol. The van der Waals surface area contributed by atoms with Crippen molar-refractivity contribution in [3.63, 3.8) is 0 Å². The van der Waals surface area contributed by atoms with E-state index in [0.717, 1.165) is 18.0 Å². The minimum Gasteiger partial charge on any atom is -0.369 e. The topological polar surface area (TPSA) is 29.3 Å². The van der Waals surface area contributed by atoms with Crippen LogP contribution in [0.15, 0.2) is 18.2 Å². The van der Waals surface area contributed by atoms with E-state index in [2.05, 4.69) is 24.0 Å². The Kier molecular flexibility index (Phi) is 4.30. The Balaban J connectivity index is 2.30. The van der Waals surface area contributed by atoms with Crippen LogP contribution in [0.4, 0.5) is 5.69 Å². The normalized spacial score (nSPS) is 20.6. The van der Waals surface area contributed by atoms with Crippen LogP contribution in [0.1, 0.15) is 31.7 Å². The highest BCUT2D eigenvalue weighted by atomic mass is 35.5.